The summed E-state index contributed by atoms with van der Waals surface area (Å²) in [5.74, 6) is 0.559. The molecule has 0 amide bonds. The number of H-pyrrole nitrogens is 1. The Morgan fingerprint density at radius 1 is 1.03 bits per heavy atom. The summed E-state index contributed by atoms with van der Waals surface area (Å²) in [7, 11) is -3.97. The molecule has 9 nitrogen and oxygen atoms in total. The Morgan fingerprint density at radius 2 is 1.78 bits per heavy atom. The van der Waals surface area contributed by atoms with Gasteiger partial charge in [0.2, 0.25) is 5.95 Å². The van der Waals surface area contributed by atoms with Crippen molar-refractivity contribution in [1.29, 1.82) is 0 Å². The van der Waals surface area contributed by atoms with Crippen LogP contribution in [0.15, 0.2) is 47.4 Å². The van der Waals surface area contributed by atoms with Crippen molar-refractivity contribution in [3.05, 3.63) is 42.5 Å². The molecule has 32 heavy (non-hydrogen) atoms. The molecule has 2 fully saturated rings. The van der Waals surface area contributed by atoms with Crippen molar-refractivity contribution in [3.8, 4) is 5.75 Å². The normalized spacial score (nSPS) is 18.0. The average molecular weight is 458 g/mol. The van der Waals surface area contributed by atoms with Crippen LogP contribution in [-0.2, 0) is 10.1 Å². The van der Waals surface area contributed by atoms with Crippen LogP contribution in [0.4, 0.5) is 11.6 Å². The summed E-state index contributed by atoms with van der Waals surface area (Å²) in [5, 5.41) is 19.3. The SMILES string of the molecule is O=S(=O)(Oc1ccc2nc(NC(O)NC3CC3)[nH]c2c1)c1ccc(NC2CCCC2)cc1. The number of anilines is 2. The second kappa shape index (κ2) is 8.61. The first-order valence-corrected chi connectivity index (χ1v) is 12.4. The molecule has 0 bridgehead atoms. The molecule has 2 aliphatic carbocycles. The highest BCUT2D eigenvalue weighted by Gasteiger charge is 2.24. The van der Waals surface area contributed by atoms with Crippen molar-refractivity contribution in [3.63, 3.8) is 0 Å². The van der Waals surface area contributed by atoms with Crippen molar-refractivity contribution in [2.45, 2.75) is 61.9 Å². The van der Waals surface area contributed by atoms with Crippen LogP contribution in [0.25, 0.3) is 11.0 Å². The fraction of sp³-hybridized carbons (Fsp3) is 0.409. The Hall–Kier alpha value is -2.82. The van der Waals surface area contributed by atoms with E-state index in [1.165, 1.54) is 12.8 Å². The highest BCUT2D eigenvalue weighted by molar-refractivity contribution is 7.87. The summed E-state index contributed by atoms with van der Waals surface area (Å²) < 4.78 is 30.8. The molecule has 3 aromatic rings. The maximum Gasteiger partial charge on any atom is 0.339 e. The van der Waals surface area contributed by atoms with Gasteiger partial charge in [-0.15, -0.1) is 0 Å². The van der Waals surface area contributed by atoms with Crippen LogP contribution in [0.5, 0.6) is 5.75 Å². The Morgan fingerprint density at radius 3 is 2.50 bits per heavy atom. The lowest BCUT2D eigenvalue weighted by Gasteiger charge is -2.14. The van der Waals surface area contributed by atoms with E-state index in [0.717, 1.165) is 31.4 Å². The first-order chi connectivity index (χ1) is 15.4. The van der Waals surface area contributed by atoms with Gasteiger partial charge in [0, 0.05) is 23.8 Å². The second-order valence-corrected chi connectivity index (χ2v) is 9.99. The molecule has 2 aromatic carbocycles. The molecule has 1 atom stereocenters. The number of hydrogen-bond donors (Lipinski definition) is 5. The smallest absolute Gasteiger partial charge is 0.339 e. The molecule has 1 aromatic heterocycles. The fourth-order valence-corrected chi connectivity index (χ4v) is 4.87. The number of nitrogens with zero attached hydrogens (tertiary/aromatic N) is 1. The highest BCUT2D eigenvalue weighted by Crippen LogP contribution is 2.26. The lowest BCUT2D eigenvalue weighted by atomic mass is 10.2. The maximum absolute atomic E-state index is 12.7. The quantitative estimate of drug-likeness (QED) is 0.245. The van der Waals surface area contributed by atoms with Crippen LogP contribution in [0, 0.1) is 0 Å². The van der Waals surface area contributed by atoms with Gasteiger partial charge in [-0.3, -0.25) is 5.32 Å². The molecule has 1 unspecified atom stereocenters. The van der Waals surface area contributed by atoms with E-state index >= 15 is 0 Å². The van der Waals surface area contributed by atoms with E-state index < -0.39 is 16.5 Å². The molecule has 2 saturated carbocycles. The first kappa shape index (κ1) is 21.0. The lowest BCUT2D eigenvalue weighted by molar-refractivity contribution is 0.162. The number of hydrogen-bond acceptors (Lipinski definition) is 8. The number of aromatic nitrogens is 2. The van der Waals surface area contributed by atoms with Crippen LogP contribution in [0.1, 0.15) is 38.5 Å². The third kappa shape index (κ3) is 4.98. The Balaban J connectivity index is 1.26. The van der Waals surface area contributed by atoms with Crippen molar-refractivity contribution < 1.29 is 17.7 Å². The Labute approximate surface area is 186 Å². The molecule has 170 valence electrons. The molecule has 0 spiro atoms. The molecular weight excluding hydrogens is 430 g/mol. The third-order valence-electron chi connectivity index (χ3n) is 5.77. The van der Waals surface area contributed by atoms with Crippen LogP contribution in [0.2, 0.25) is 0 Å². The summed E-state index contributed by atoms with van der Waals surface area (Å²) >= 11 is 0. The molecule has 1 heterocycles. The topological polar surface area (TPSA) is 128 Å². The van der Waals surface area contributed by atoms with E-state index in [1.807, 2.05) is 0 Å². The molecule has 10 heteroatoms. The number of nitrogens with one attached hydrogen (secondary N) is 4. The first-order valence-electron chi connectivity index (χ1n) is 11.0. The number of fused-ring (bicyclic) bond motifs is 1. The van der Waals surface area contributed by atoms with E-state index in [4.69, 9.17) is 4.18 Å². The van der Waals surface area contributed by atoms with Crippen molar-refractivity contribution in [1.82, 2.24) is 15.3 Å². The predicted molar refractivity (Wildman–Crippen MR) is 122 cm³/mol. The summed E-state index contributed by atoms with van der Waals surface area (Å²) in [6.07, 6.45) is 5.94. The van der Waals surface area contributed by atoms with E-state index in [2.05, 4.69) is 25.9 Å². The number of imidazole rings is 1. The van der Waals surface area contributed by atoms with Gasteiger partial charge < -0.3 is 24.9 Å². The van der Waals surface area contributed by atoms with Crippen LogP contribution in [0.3, 0.4) is 0 Å². The van der Waals surface area contributed by atoms with Gasteiger partial charge in [-0.25, -0.2) is 4.98 Å². The highest BCUT2D eigenvalue weighted by atomic mass is 32.2. The van der Waals surface area contributed by atoms with Crippen molar-refractivity contribution >= 4 is 32.8 Å². The zero-order chi connectivity index (χ0) is 22.1. The van der Waals surface area contributed by atoms with Crippen LogP contribution >= 0.6 is 0 Å². The minimum atomic E-state index is -3.97. The summed E-state index contributed by atoms with van der Waals surface area (Å²) in [6.45, 7) is 0. The van der Waals surface area contributed by atoms with E-state index in [1.54, 1.807) is 42.5 Å². The average Bonchev–Trinajstić information content (AvgIpc) is 3.25. The zero-order valence-corrected chi connectivity index (χ0v) is 18.4. The summed E-state index contributed by atoms with van der Waals surface area (Å²) in [6, 6.07) is 12.2. The van der Waals surface area contributed by atoms with E-state index in [0.29, 0.717) is 29.1 Å². The van der Waals surface area contributed by atoms with Gasteiger partial charge in [-0.05, 0) is 62.1 Å². The molecular formula is C22H27N5O4S. The minimum absolute atomic E-state index is 0.0933. The minimum Gasteiger partial charge on any atom is -0.382 e. The third-order valence-corrected chi connectivity index (χ3v) is 7.03. The van der Waals surface area contributed by atoms with E-state index in [9.17, 15) is 13.5 Å². The van der Waals surface area contributed by atoms with Gasteiger partial charge in [-0.2, -0.15) is 8.42 Å². The number of aliphatic hydroxyl groups is 1. The second-order valence-electron chi connectivity index (χ2n) is 8.44. The summed E-state index contributed by atoms with van der Waals surface area (Å²) in [5.41, 5.74) is 2.13. The zero-order valence-electron chi connectivity index (χ0n) is 17.5. The Bertz CT molecular complexity index is 1180. The number of rotatable bonds is 9. The molecule has 0 radical (unpaired) electrons. The molecule has 5 rings (SSSR count). The maximum atomic E-state index is 12.7. The van der Waals surface area contributed by atoms with Gasteiger partial charge in [0.1, 0.15) is 10.6 Å². The molecule has 0 saturated heterocycles. The monoisotopic (exact) mass is 457 g/mol. The van der Waals surface area contributed by atoms with E-state index in [-0.39, 0.29) is 10.6 Å². The molecule has 5 N–H and O–H groups in total. The van der Waals surface area contributed by atoms with Crippen LogP contribution in [-0.4, -0.2) is 41.9 Å². The lowest BCUT2D eigenvalue weighted by Crippen LogP contribution is -2.37. The largest absolute Gasteiger partial charge is 0.382 e. The van der Waals surface area contributed by atoms with Crippen molar-refractivity contribution in [2.75, 3.05) is 10.6 Å². The van der Waals surface area contributed by atoms with Gasteiger partial charge in [0.05, 0.1) is 11.0 Å². The van der Waals surface area contributed by atoms with Gasteiger partial charge in [-0.1, -0.05) is 12.8 Å². The standard InChI is InChI=1S/C22H27N5O4S/c28-22(24-16-5-6-16)27-21-25-19-12-9-17(13-20(19)26-21)31-32(29,30)18-10-7-15(8-11-18)23-14-3-1-2-4-14/h7-14,16,22-24,28H,1-6H2,(H2,25,26,27). The molecule has 2 aliphatic rings. The number of aliphatic hydroxyl groups excluding tert-OH is 1. The fourth-order valence-electron chi connectivity index (χ4n) is 3.95. The van der Waals surface area contributed by atoms with Gasteiger partial charge in [0.25, 0.3) is 0 Å². The number of benzene rings is 2. The van der Waals surface area contributed by atoms with Crippen LogP contribution < -0.4 is 20.1 Å². The Kier molecular flexibility index (Phi) is 5.66. The van der Waals surface area contributed by atoms with Gasteiger partial charge >= 0.3 is 10.1 Å². The van der Waals surface area contributed by atoms with Crippen molar-refractivity contribution in [2.24, 2.45) is 0 Å². The predicted octanol–water partition coefficient (Wildman–Crippen LogP) is 3.12. The number of aromatic amines is 1. The van der Waals surface area contributed by atoms with Gasteiger partial charge in [0.15, 0.2) is 6.35 Å². The summed E-state index contributed by atoms with van der Waals surface area (Å²) in [4.78, 5) is 7.47. The molecule has 0 aliphatic heterocycles.